The first-order chi connectivity index (χ1) is 7.66. The minimum atomic E-state index is 0.0459. The van der Waals surface area contributed by atoms with Crippen LogP contribution < -0.4 is 5.73 Å². The largest absolute Gasteiger partial charge is 0.323 e. The Morgan fingerprint density at radius 2 is 1.88 bits per heavy atom. The second-order valence-electron chi connectivity index (χ2n) is 4.66. The lowest BCUT2D eigenvalue weighted by Crippen LogP contribution is -2.14. The molecular formula is C14H18N2. The second-order valence-corrected chi connectivity index (χ2v) is 4.66. The van der Waals surface area contributed by atoms with Crippen LogP contribution in [-0.2, 0) is 0 Å². The monoisotopic (exact) mass is 214 g/mol. The summed E-state index contributed by atoms with van der Waals surface area (Å²) < 4.78 is 0. The van der Waals surface area contributed by atoms with E-state index in [2.05, 4.69) is 31.0 Å². The molecule has 2 heteroatoms. The maximum absolute atomic E-state index is 6.12. The molecule has 0 fully saturated rings. The zero-order chi connectivity index (χ0) is 11.5. The molecule has 0 saturated heterocycles. The topological polar surface area (TPSA) is 38.9 Å². The molecule has 0 aliphatic heterocycles. The predicted octanol–water partition coefficient (Wildman–Crippen LogP) is 3.28. The first kappa shape index (κ1) is 11.1. The van der Waals surface area contributed by atoms with Crippen LogP contribution in [0.4, 0.5) is 0 Å². The summed E-state index contributed by atoms with van der Waals surface area (Å²) in [6.07, 6.45) is 0.978. The van der Waals surface area contributed by atoms with Gasteiger partial charge < -0.3 is 5.73 Å². The van der Waals surface area contributed by atoms with Gasteiger partial charge in [-0.2, -0.15) is 0 Å². The second kappa shape index (κ2) is 4.62. The molecule has 0 spiro atoms. The fourth-order valence-electron chi connectivity index (χ4n) is 1.92. The zero-order valence-corrected chi connectivity index (χ0v) is 9.85. The number of para-hydroxylation sites is 1. The number of hydrogen-bond donors (Lipinski definition) is 1. The molecule has 0 aliphatic rings. The molecule has 16 heavy (non-hydrogen) atoms. The summed E-state index contributed by atoms with van der Waals surface area (Å²) in [6.45, 7) is 4.36. The van der Waals surface area contributed by atoms with Crippen molar-refractivity contribution in [3.05, 3.63) is 42.1 Å². The van der Waals surface area contributed by atoms with E-state index in [-0.39, 0.29) is 6.04 Å². The predicted molar refractivity (Wildman–Crippen MR) is 68.1 cm³/mol. The summed E-state index contributed by atoms with van der Waals surface area (Å²) in [6, 6.07) is 12.3. The summed E-state index contributed by atoms with van der Waals surface area (Å²) >= 11 is 0. The van der Waals surface area contributed by atoms with Gasteiger partial charge in [-0.15, -0.1) is 0 Å². The van der Waals surface area contributed by atoms with Crippen LogP contribution in [0.25, 0.3) is 10.9 Å². The summed E-state index contributed by atoms with van der Waals surface area (Å²) in [5.74, 6) is 0.600. The fraction of sp³-hybridized carbons (Fsp3) is 0.357. The van der Waals surface area contributed by atoms with Crippen LogP contribution in [0.2, 0.25) is 0 Å². The van der Waals surface area contributed by atoms with E-state index in [4.69, 9.17) is 5.73 Å². The molecule has 1 heterocycles. The third-order valence-corrected chi connectivity index (χ3v) is 2.73. The van der Waals surface area contributed by atoms with Crippen molar-refractivity contribution in [1.82, 2.24) is 4.98 Å². The van der Waals surface area contributed by atoms with Crippen molar-refractivity contribution in [3.63, 3.8) is 0 Å². The molecule has 84 valence electrons. The SMILES string of the molecule is CC(C)C[C@@H](N)c1ccc2ccccc2n1. The number of pyridine rings is 1. The Morgan fingerprint density at radius 3 is 2.62 bits per heavy atom. The van der Waals surface area contributed by atoms with Gasteiger partial charge in [0.2, 0.25) is 0 Å². The maximum Gasteiger partial charge on any atom is 0.0706 e. The number of hydrogen-bond acceptors (Lipinski definition) is 2. The van der Waals surface area contributed by atoms with Gasteiger partial charge >= 0.3 is 0 Å². The molecule has 0 aliphatic carbocycles. The maximum atomic E-state index is 6.12. The molecule has 0 amide bonds. The van der Waals surface area contributed by atoms with Crippen molar-refractivity contribution >= 4 is 10.9 Å². The standard InChI is InChI=1S/C14H18N2/c1-10(2)9-12(15)14-8-7-11-5-3-4-6-13(11)16-14/h3-8,10,12H,9,15H2,1-2H3/t12-/m1/s1. The van der Waals surface area contributed by atoms with E-state index in [9.17, 15) is 0 Å². The quantitative estimate of drug-likeness (QED) is 0.851. The van der Waals surface area contributed by atoms with E-state index < -0.39 is 0 Å². The minimum absolute atomic E-state index is 0.0459. The number of nitrogens with two attached hydrogens (primary N) is 1. The van der Waals surface area contributed by atoms with Crippen LogP contribution in [0, 0.1) is 5.92 Å². The van der Waals surface area contributed by atoms with E-state index in [0.717, 1.165) is 17.6 Å². The van der Waals surface area contributed by atoms with Crippen LogP contribution in [0.1, 0.15) is 32.0 Å². The number of benzene rings is 1. The molecule has 1 atom stereocenters. The smallest absolute Gasteiger partial charge is 0.0706 e. The lowest BCUT2D eigenvalue weighted by molar-refractivity contribution is 0.503. The van der Waals surface area contributed by atoms with Crippen molar-refractivity contribution in [3.8, 4) is 0 Å². The normalized spacial score (nSPS) is 13.2. The molecule has 0 bridgehead atoms. The molecule has 2 rings (SSSR count). The summed E-state index contributed by atoms with van der Waals surface area (Å²) in [5.41, 5.74) is 8.14. The lowest BCUT2D eigenvalue weighted by atomic mass is 10.0. The molecule has 1 aromatic heterocycles. The highest BCUT2D eigenvalue weighted by atomic mass is 14.8. The number of aromatic nitrogens is 1. The lowest BCUT2D eigenvalue weighted by Gasteiger charge is -2.13. The number of nitrogens with zero attached hydrogens (tertiary/aromatic N) is 1. The van der Waals surface area contributed by atoms with Crippen molar-refractivity contribution in [2.24, 2.45) is 11.7 Å². The fourth-order valence-corrected chi connectivity index (χ4v) is 1.92. The third kappa shape index (κ3) is 2.39. The van der Waals surface area contributed by atoms with Crippen molar-refractivity contribution < 1.29 is 0 Å². The first-order valence-corrected chi connectivity index (χ1v) is 5.78. The zero-order valence-electron chi connectivity index (χ0n) is 9.85. The Morgan fingerprint density at radius 1 is 1.12 bits per heavy atom. The van der Waals surface area contributed by atoms with Gasteiger partial charge in [0.05, 0.1) is 11.2 Å². The van der Waals surface area contributed by atoms with Crippen LogP contribution in [-0.4, -0.2) is 4.98 Å². The molecule has 0 unspecified atom stereocenters. The average molecular weight is 214 g/mol. The van der Waals surface area contributed by atoms with Crippen molar-refractivity contribution in [2.45, 2.75) is 26.3 Å². The van der Waals surface area contributed by atoms with Gasteiger partial charge in [0.1, 0.15) is 0 Å². The Bertz CT molecular complexity index is 477. The van der Waals surface area contributed by atoms with Gasteiger partial charge in [-0.1, -0.05) is 38.1 Å². The van der Waals surface area contributed by atoms with Crippen LogP contribution >= 0.6 is 0 Å². The van der Waals surface area contributed by atoms with Crippen LogP contribution in [0.15, 0.2) is 36.4 Å². The van der Waals surface area contributed by atoms with E-state index in [1.54, 1.807) is 0 Å². The molecule has 2 N–H and O–H groups in total. The summed E-state index contributed by atoms with van der Waals surface area (Å²) in [4.78, 5) is 4.60. The molecule has 1 aromatic carbocycles. The van der Waals surface area contributed by atoms with Crippen LogP contribution in [0.3, 0.4) is 0 Å². The van der Waals surface area contributed by atoms with Gasteiger partial charge in [-0.05, 0) is 24.5 Å². The van der Waals surface area contributed by atoms with E-state index in [1.165, 1.54) is 5.39 Å². The Balaban J connectivity index is 2.32. The molecule has 2 nitrogen and oxygen atoms in total. The highest BCUT2D eigenvalue weighted by Gasteiger charge is 2.09. The van der Waals surface area contributed by atoms with E-state index in [0.29, 0.717) is 5.92 Å². The highest BCUT2D eigenvalue weighted by Crippen LogP contribution is 2.19. The van der Waals surface area contributed by atoms with Crippen molar-refractivity contribution in [2.75, 3.05) is 0 Å². The van der Waals surface area contributed by atoms with Gasteiger partial charge in [-0.25, -0.2) is 0 Å². The summed E-state index contributed by atoms with van der Waals surface area (Å²) in [5, 5.41) is 1.17. The molecule has 0 radical (unpaired) electrons. The number of fused-ring (bicyclic) bond motifs is 1. The van der Waals surface area contributed by atoms with Gasteiger partial charge in [0, 0.05) is 11.4 Å². The Kier molecular flexibility index (Phi) is 3.20. The summed E-state index contributed by atoms with van der Waals surface area (Å²) in [7, 11) is 0. The van der Waals surface area contributed by atoms with Gasteiger partial charge in [-0.3, -0.25) is 4.98 Å². The van der Waals surface area contributed by atoms with Crippen LogP contribution in [0.5, 0.6) is 0 Å². The Labute approximate surface area is 96.5 Å². The van der Waals surface area contributed by atoms with E-state index >= 15 is 0 Å². The van der Waals surface area contributed by atoms with Gasteiger partial charge in [0.15, 0.2) is 0 Å². The van der Waals surface area contributed by atoms with Gasteiger partial charge in [0.25, 0.3) is 0 Å². The highest BCUT2D eigenvalue weighted by molar-refractivity contribution is 5.78. The molecular weight excluding hydrogens is 196 g/mol. The number of rotatable bonds is 3. The van der Waals surface area contributed by atoms with Crippen molar-refractivity contribution in [1.29, 1.82) is 0 Å². The van der Waals surface area contributed by atoms with E-state index in [1.807, 2.05) is 24.3 Å². The average Bonchev–Trinajstić information content (AvgIpc) is 2.27. The molecule has 0 saturated carbocycles. The first-order valence-electron chi connectivity index (χ1n) is 5.78. The Hall–Kier alpha value is -1.41. The third-order valence-electron chi connectivity index (χ3n) is 2.73. The molecule has 2 aromatic rings. The minimum Gasteiger partial charge on any atom is -0.323 e.